The number of carbonyl (C=O) groups excluding carboxylic acids is 1. The van der Waals surface area contributed by atoms with Crippen molar-refractivity contribution in [2.45, 2.75) is 13.5 Å². The van der Waals surface area contributed by atoms with Crippen molar-refractivity contribution >= 4 is 27.5 Å². The van der Waals surface area contributed by atoms with E-state index in [0.29, 0.717) is 26.4 Å². The lowest BCUT2D eigenvalue weighted by molar-refractivity contribution is 0.0472. The smallest absolute Gasteiger partial charge is 0.349 e. The molecule has 27 heavy (non-hydrogen) atoms. The lowest BCUT2D eigenvalue weighted by atomic mass is 10.2. The number of fused-ring (bicyclic) bond motifs is 1. The van der Waals surface area contributed by atoms with Gasteiger partial charge in [0.25, 0.3) is 5.56 Å². The van der Waals surface area contributed by atoms with Crippen LogP contribution in [-0.4, -0.2) is 25.3 Å². The molecule has 0 saturated carbocycles. The molecule has 0 spiro atoms. The van der Waals surface area contributed by atoms with E-state index in [9.17, 15) is 9.59 Å². The molecule has 0 N–H and O–H groups in total. The molecule has 1 aromatic carbocycles. The van der Waals surface area contributed by atoms with Gasteiger partial charge in [0, 0.05) is 13.2 Å². The van der Waals surface area contributed by atoms with Crippen LogP contribution in [0.2, 0.25) is 0 Å². The van der Waals surface area contributed by atoms with Crippen LogP contribution in [0.5, 0.6) is 0 Å². The van der Waals surface area contributed by atoms with Crippen molar-refractivity contribution in [2.75, 3.05) is 0 Å². The van der Waals surface area contributed by atoms with E-state index in [4.69, 9.17) is 4.74 Å². The number of aromatic nitrogens is 4. The second-order valence-corrected chi connectivity index (χ2v) is 7.06. The first-order chi connectivity index (χ1) is 13.0. The Morgan fingerprint density at radius 3 is 2.78 bits per heavy atom. The molecule has 136 valence electrons. The van der Waals surface area contributed by atoms with E-state index in [0.717, 1.165) is 5.69 Å². The van der Waals surface area contributed by atoms with Crippen LogP contribution >= 0.6 is 11.3 Å². The first-order valence-electron chi connectivity index (χ1n) is 8.26. The zero-order valence-electron chi connectivity index (χ0n) is 14.7. The van der Waals surface area contributed by atoms with Gasteiger partial charge in [-0.1, -0.05) is 18.2 Å². The second kappa shape index (κ2) is 6.81. The predicted molar refractivity (Wildman–Crippen MR) is 102 cm³/mol. The fourth-order valence-corrected chi connectivity index (χ4v) is 3.80. The number of hydrogen-bond donors (Lipinski definition) is 0. The Morgan fingerprint density at radius 1 is 1.22 bits per heavy atom. The summed E-state index contributed by atoms with van der Waals surface area (Å²) >= 11 is 1.17. The zero-order chi connectivity index (χ0) is 19.0. The number of esters is 1. The van der Waals surface area contributed by atoms with Crippen LogP contribution in [0.1, 0.15) is 20.9 Å². The summed E-state index contributed by atoms with van der Waals surface area (Å²) in [6.07, 6.45) is 3.27. The Kier molecular flexibility index (Phi) is 4.33. The SMILES string of the molecule is Cc1c(C(=O)OCc2ccn(-c3ccccc3)n2)sc2ncn(C)c(=O)c12. The summed E-state index contributed by atoms with van der Waals surface area (Å²) in [6.45, 7) is 1.79. The summed E-state index contributed by atoms with van der Waals surface area (Å²) in [5, 5.41) is 4.88. The molecule has 7 nitrogen and oxygen atoms in total. The van der Waals surface area contributed by atoms with E-state index < -0.39 is 5.97 Å². The highest BCUT2D eigenvalue weighted by atomic mass is 32.1. The molecule has 0 bridgehead atoms. The van der Waals surface area contributed by atoms with Crippen LogP contribution in [0, 0.1) is 6.92 Å². The Bertz CT molecular complexity index is 1190. The molecule has 3 heterocycles. The molecule has 0 fully saturated rings. The van der Waals surface area contributed by atoms with Gasteiger partial charge in [-0.2, -0.15) is 5.10 Å². The Balaban J connectivity index is 1.53. The number of benzene rings is 1. The van der Waals surface area contributed by atoms with E-state index in [1.165, 1.54) is 22.2 Å². The van der Waals surface area contributed by atoms with Crippen LogP contribution in [0.3, 0.4) is 0 Å². The molecule has 0 aliphatic heterocycles. The molecule has 0 unspecified atom stereocenters. The summed E-state index contributed by atoms with van der Waals surface area (Å²) in [4.78, 5) is 29.9. The third-order valence-electron chi connectivity index (χ3n) is 4.21. The molecule has 0 atom stereocenters. The van der Waals surface area contributed by atoms with Gasteiger partial charge >= 0.3 is 5.97 Å². The summed E-state index contributed by atoms with van der Waals surface area (Å²) in [7, 11) is 1.63. The van der Waals surface area contributed by atoms with E-state index in [1.54, 1.807) is 24.7 Å². The van der Waals surface area contributed by atoms with Gasteiger partial charge in [-0.15, -0.1) is 11.3 Å². The predicted octanol–water partition coefficient (Wildman–Crippen LogP) is 2.85. The fraction of sp³-hybridized carbons (Fsp3) is 0.158. The molecule has 0 amide bonds. The van der Waals surface area contributed by atoms with Gasteiger partial charge in [0.15, 0.2) is 0 Å². The highest BCUT2D eigenvalue weighted by molar-refractivity contribution is 7.20. The maximum atomic E-state index is 12.5. The highest BCUT2D eigenvalue weighted by Crippen LogP contribution is 2.27. The highest BCUT2D eigenvalue weighted by Gasteiger charge is 2.20. The number of thiophene rings is 1. The summed E-state index contributed by atoms with van der Waals surface area (Å²) in [5.74, 6) is -0.480. The minimum Gasteiger partial charge on any atom is -0.455 e. The molecule has 0 aliphatic carbocycles. The molecular formula is C19H16N4O3S. The molecule has 0 radical (unpaired) electrons. The normalized spacial score (nSPS) is 11.0. The number of carbonyl (C=O) groups is 1. The van der Waals surface area contributed by atoms with Gasteiger partial charge in [-0.3, -0.25) is 4.79 Å². The lowest BCUT2D eigenvalue weighted by Crippen LogP contribution is -2.16. The standard InChI is InChI=1S/C19H16N4O3S/c1-12-15-17(20-11-22(2)18(15)24)27-16(12)19(25)26-10-13-8-9-23(21-13)14-6-4-3-5-7-14/h3-9,11H,10H2,1-2H3. The summed E-state index contributed by atoms with van der Waals surface area (Å²) < 4.78 is 8.52. The Morgan fingerprint density at radius 2 is 2.00 bits per heavy atom. The summed E-state index contributed by atoms with van der Waals surface area (Å²) in [5.41, 5.74) is 2.00. The maximum absolute atomic E-state index is 12.5. The molecule has 0 saturated heterocycles. The first-order valence-corrected chi connectivity index (χ1v) is 9.08. The quantitative estimate of drug-likeness (QED) is 0.509. The third kappa shape index (κ3) is 3.15. The van der Waals surface area contributed by atoms with E-state index >= 15 is 0 Å². The number of nitrogens with zero attached hydrogens (tertiary/aromatic N) is 4. The molecule has 8 heteroatoms. The average molecular weight is 380 g/mol. The van der Waals surface area contributed by atoms with Crippen LogP contribution in [-0.2, 0) is 18.4 Å². The van der Waals surface area contributed by atoms with Crippen molar-refractivity contribution in [1.82, 2.24) is 19.3 Å². The van der Waals surface area contributed by atoms with Gasteiger partial charge in [-0.25, -0.2) is 14.5 Å². The lowest BCUT2D eigenvalue weighted by Gasteiger charge is -2.02. The Hall–Kier alpha value is -3.26. The van der Waals surface area contributed by atoms with Crippen LogP contribution in [0.4, 0.5) is 0 Å². The second-order valence-electron chi connectivity index (χ2n) is 6.06. The van der Waals surface area contributed by atoms with Crippen molar-refractivity contribution in [3.05, 3.63) is 75.4 Å². The van der Waals surface area contributed by atoms with Gasteiger partial charge in [0.2, 0.25) is 0 Å². The number of para-hydroxylation sites is 1. The van der Waals surface area contributed by atoms with Gasteiger partial charge in [0.1, 0.15) is 22.0 Å². The molecule has 4 aromatic rings. The van der Waals surface area contributed by atoms with Crippen molar-refractivity contribution in [3.8, 4) is 5.69 Å². The van der Waals surface area contributed by atoms with Gasteiger partial charge < -0.3 is 9.30 Å². The molecule has 3 aromatic heterocycles. The molecular weight excluding hydrogens is 364 g/mol. The maximum Gasteiger partial charge on any atom is 0.349 e. The third-order valence-corrected chi connectivity index (χ3v) is 5.39. The molecule has 4 rings (SSSR count). The van der Waals surface area contributed by atoms with Gasteiger partial charge in [0.05, 0.1) is 17.4 Å². The fourth-order valence-electron chi connectivity index (χ4n) is 2.77. The zero-order valence-corrected chi connectivity index (χ0v) is 15.6. The largest absolute Gasteiger partial charge is 0.455 e. The Labute approximate surface area is 158 Å². The monoisotopic (exact) mass is 380 g/mol. The van der Waals surface area contributed by atoms with Crippen LogP contribution in [0.15, 0.2) is 53.7 Å². The minimum absolute atomic E-state index is 0.0534. The van der Waals surface area contributed by atoms with Crippen LogP contribution in [0.25, 0.3) is 15.9 Å². The topological polar surface area (TPSA) is 79.0 Å². The van der Waals surface area contributed by atoms with Crippen molar-refractivity contribution in [1.29, 1.82) is 0 Å². The number of ether oxygens (including phenoxy) is 1. The number of rotatable bonds is 4. The van der Waals surface area contributed by atoms with Crippen molar-refractivity contribution in [3.63, 3.8) is 0 Å². The first kappa shape index (κ1) is 17.2. The van der Waals surface area contributed by atoms with E-state index in [-0.39, 0.29) is 12.2 Å². The molecule has 0 aliphatic rings. The average Bonchev–Trinajstić information content (AvgIpc) is 3.29. The summed E-state index contributed by atoms with van der Waals surface area (Å²) in [6, 6.07) is 11.5. The number of aryl methyl sites for hydroxylation is 2. The van der Waals surface area contributed by atoms with E-state index in [1.807, 2.05) is 36.5 Å². The van der Waals surface area contributed by atoms with E-state index in [2.05, 4.69) is 10.1 Å². The van der Waals surface area contributed by atoms with Gasteiger partial charge in [-0.05, 0) is 30.7 Å². The minimum atomic E-state index is -0.480. The number of hydrogen-bond acceptors (Lipinski definition) is 6. The van der Waals surface area contributed by atoms with Crippen molar-refractivity contribution < 1.29 is 9.53 Å². The van der Waals surface area contributed by atoms with Crippen molar-refractivity contribution in [2.24, 2.45) is 7.05 Å². The van der Waals surface area contributed by atoms with Crippen LogP contribution < -0.4 is 5.56 Å².